The predicted octanol–water partition coefficient (Wildman–Crippen LogP) is 4.06. The number of likely N-dealkylation sites (tertiary alicyclic amines) is 1. The van der Waals surface area contributed by atoms with Crippen LogP contribution >= 0.6 is 24.0 Å². The molecule has 0 aromatic heterocycles. The molecule has 0 saturated carbocycles. The van der Waals surface area contributed by atoms with E-state index >= 15 is 0 Å². The Morgan fingerprint density at radius 1 is 1.09 bits per heavy atom. The monoisotopic (exact) mass is 423 g/mol. The van der Waals surface area contributed by atoms with E-state index in [4.69, 9.17) is 4.99 Å². The van der Waals surface area contributed by atoms with Gasteiger partial charge in [0.05, 0.1) is 0 Å². The Balaban J connectivity index is 0.00000192. The Kier molecular flexibility index (Phi) is 7.15. The van der Waals surface area contributed by atoms with Gasteiger partial charge < -0.3 is 10.2 Å². The molecule has 0 bridgehead atoms. The molecule has 0 unspecified atom stereocenters. The lowest BCUT2D eigenvalue weighted by Crippen LogP contribution is -2.39. The standard InChI is InChI=1S/C19H25N3.HI/c1-2-20-19(22-13-5-6-14-22)21-12-11-16-9-10-17-7-3-4-8-18(17)15-16;/h3-4,7-10,15H,2,5-6,11-14H2,1H3,(H,20,21);1H. The van der Waals surface area contributed by atoms with Gasteiger partial charge in [-0.1, -0.05) is 42.5 Å². The van der Waals surface area contributed by atoms with Gasteiger partial charge in [0.1, 0.15) is 0 Å². The topological polar surface area (TPSA) is 27.6 Å². The van der Waals surface area contributed by atoms with Crippen molar-refractivity contribution in [3.63, 3.8) is 0 Å². The average Bonchev–Trinajstić information content (AvgIpc) is 3.08. The molecule has 2 aromatic carbocycles. The zero-order valence-electron chi connectivity index (χ0n) is 13.8. The Morgan fingerprint density at radius 2 is 1.83 bits per heavy atom. The molecule has 1 aliphatic heterocycles. The minimum Gasteiger partial charge on any atom is -0.357 e. The number of halogens is 1. The van der Waals surface area contributed by atoms with Crippen molar-refractivity contribution in [2.75, 3.05) is 26.2 Å². The summed E-state index contributed by atoms with van der Waals surface area (Å²) < 4.78 is 0. The molecule has 1 aliphatic rings. The third-order valence-corrected chi connectivity index (χ3v) is 4.22. The van der Waals surface area contributed by atoms with Crippen molar-refractivity contribution >= 4 is 40.7 Å². The first-order valence-corrected chi connectivity index (χ1v) is 8.38. The number of benzene rings is 2. The highest BCUT2D eigenvalue weighted by Crippen LogP contribution is 2.16. The number of hydrogen-bond donors (Lipinski definition) is 1. The summed E-state index contributed by atoms with van der Waals surface area (Å²) in [6, 6.07) is 15.2. The summed E-state index contributed by atoms with van der Waals surface area (Å²) in [4.78, 5) is 7.18. The SMILES string of the molecule is CCNC(=NCCc1ccc2ccccc2c1)N1CCCC1.I. The van der Waals surface area contributed by atoms with E-state index in [0.29, 0.717) is 0 Å². The van der Waals surface area contributed by atoms with E-state index in [1.807, 2.05) is 0 Å². The van der Waals surface area contributed by atoms with Gasteiger partial charge in [-0.05, 0) is 42.5 Å². The number of guanidine groups is 1. The van der Waals surface area contributed by atoms with Gasteiger partial charge in [0, 0.05) is 26.2 Å². The molecule has 1 saturated heterocycles. The van der Waals surface area contributed by atoms with Crippen LogP contribution in [0.25, 0.3) is 10.8 Å². The van der Waals surface area contributed by atoms with E-state index in [1.165, 1.54) is 29.2 Å². The van der Waals surface area contributed by atoms with Gasteiger partial charge in [-0.3, -0.25) is 4.99 Å². The van der Waals surface area contributed by atoms with Crippen LogP contribution in [0.5, 0.6) is 0 Å². The van der Waals surface area contributed by atoms with Crippen LogP contribution < -0.4 is 5.32 Å². The molecule has 0 aliphatic carbocycles. The highest BCUT2D eigenvalue weighted by atomic mass is 127. The third kappa shape index (κ3) is 4.83. The van der Waals surface area contributed by atoms with Crippen LogP contribution in [0.2, 0.25) is 0 Å². The maximum Gasteiger partial charge on any atom is 0.193 e. The molecule has 0 atom stereocenters. The van der Waals surface area contributed by atoms with Crippen LogP contribution in [-0.2, 0) is 6.42 Å². The van der Waals surface area contributed by atoms with Crippen LogP contribution in [0.3, 0.4) is 0 Å². The van der Waals surface area contributed by atoms with E-state index in [-0.39, 0.29) is 24.0 Å². The van der Waals surface area contributed by atoms with Crippen molar-refractivity contribution in [2.45, 2.75) is 26.2 Å². The summed E-state index contributed by atoms with van der Waals surface area (Å²) in [7, 11) is 0. The first kappa shape index (κ1) is 18.0. The second-order valence-electron chi connectivity index (χ2n) is 5.86. The normalized spacial score (nSPS) is 14.8. The fourth-order valence-corrected chi connectivity index (χ4v) is 3.04. The van der Waals surface area contributed by atoms with Crippen molar-refractivity contribution in [1.82, 2.24) is 10.2 Å². The minimum atomic E-state index is 0. The van der Waals surface area contributed by atoms with Gasteiger partial charge in [0.2, 0.25) is 0 Å². The molecular formula is C19H26IN3. The third-order valence-electron chi connectivity index (χ3n) is 4.22. The highest BCUT2D eigenvalue weighted by Gasteiger charge is 2.15. The molecule has 3 rings (SSSR count). The van der Waals surface area contributed by atoms with Crippen molar-refractivity contribution < 1.29 is 0 Å². The van der Waals surface area contributed by atoms with Gasteiger partial charge in [-0.15, -0.1) is 24.0 Å². The zero-order chi connectivity index (χ0) is 15.2. The smallest absolute Gasteiger partial charge is 0.193 e. The average molecular weight is 423 g/mol. The van der Waals surface area contributed by atoms with E-state index in [1.54, 1.807) is 0 Å². The number of hydrogen-bond acceptors (Lipinski definition) is 1. The Bertz CT molecular complexity index is 648. The van der Waals surface area contributed by atoms with E-state index in [2.05, 4.69) is 59.6 Å². The molecule has 4 heteroatoms. The lowest BCUT2D eigenvalue weighted by atomic mass is 10.1. The Labute approximate surface area is 156 Å². The largest absolute Gasteiger partial charge is 0.357 e. The number of nitrogens with one attached hydrogen (secondary N) is 1. The molecule has 23 heavy (non-hydrogen) atoms. The fraction of sp³-hybridized carbons (Fsp3) is 0.421. The van der Waals surface area contributed by atoms with Crippen LogP contribution in [0.4, 0.5) is 0 Å². The summed E-state index contributed by atoms with van der Waals surface area (Å²) in [6.45, 7) is 6.20. The highest BCUT2D eigenvalue weighted by molar-refractivity contribution is 14.0. The van der Waals surface area contributed by atoms with E-state index in [0.717, 1.165) is 38.6 Å². The molecule has 124 valence electrons. The van der Waals surface area contributed by atoms with E-state index < -0.39 is 0 Å². The second-order valence-corrected chi connectivity index (χ2v) is 5.86. The molecule has 1 heterocycles. The van der Waals surface area contributed by atoms with Gasteiger partial charge in [0.25, 0.3) is 0 Å². The molecule has 0 radical (unpaired) electrons. The van der Waals surface area contributed by atoms with Crippen LogP contribution in [0.15, 0.2) is 47.5 Å². The summed E-state index contributed by atoms with van der Waals surface area (Å²) >= 11 is 0. The first-order chi connectivity index (χ1) is 10.9. The number of aliphatic imine (C=N–C) groups is 1. The van der Waals surface area contributed by atoms with Crippen molar-refractivity contribution in [1.29, 1.82) is 0 Å². The maximum absolute atomic E-state index is 4.80. The molecule has 3 nitrogen and oxygen atoms in total. The van der Waals surface area contributed by atoms with Crippen LogP contribution in [0, 0.1) is 0 Å². The van der Waals surface area contributed by atoms with E-state index in [9.17, 15) is 0 Å². The van der Waals surface area contributed by atoms with Crippen LogP contribution in [0.1, 0.15) is 25.3 Å². The fourth-order valence-electron chi connectivity index (χ4n) is 3.04. The lowest BCUT2D eigenvalue weighted by Gasteiger charge is -2.20. The van der Waals surface area contributed by atoms with Crippen molar-refractivity contribution in [3.8, 4) is 0 Å². The summed E-state index contributed by atoms with van der Waals surface area (Å²) in [6.07, 6.45) is 3.57. The number of rotatable bonds is 4. The maximum atomic E-state index is 4.80. The summed E-state index contributed by atoms with van der Waals surface area (Å²) in [5.41, 5.74) is 1.36. The second kappa shape index (κ2) is 9.11. The summed E-state index contributed by atoms with van der Waals surface area (Å²) in [5.74, 6) is 1.08. The lowest BCUT2D eigenvalue weighted by molar-refractivity contribution is 0.494. The minimum absolute atomic E-state index is 0. The molecule has 2 aromatic rings. The molecule has 1 N–H and O–H groups in total. The van der Waals surface area contributed by atoms with Gasteiger partial charge in [-0.2, -0.15) is 0 Å². The van der Waals surface area contributed by atoms with Crippen molar-refractivity contribution in [2.24, 2.45) is 4.99 Å². The van der Waals surface area contributed by atoms with Crippen molar-refractivity contribution in [3.05, 3.63) is 48.0 Å². The predicted molar refractivity (Wildman–Crippen MR) is 110 cm³/mol. The first-order valence-electron chi connectivity index (χ1n) is 8.38. The van der Waals surface area contributed by atoms with Gasteiger partial charge in [-0.25, -0.2) is 0 Å². The zero-order valence-corrected chi connectivity index (χ0v) is 16.1. The Hall–Kier alpha value is -1.30. The number of nitrogens with zero attached hydrogens (tertiary/aromatic N) is 2. The molecular weight excluding hydrogens is 397 g/mol. The quantitative estimate of drug-likeness (QED) is 0.456. The Morgan fingerprint density at radius 3 is 2.57 bits per heavy atom. The summed E-state index contributed by atoms with van der Waals surface area (Å²) in [5, 5.41) is 6.04. The molecule has 0 amide bonds. The van der Waals surface area contributed by atoms with Crippen LogP contribution in [-0.4, -0.2) is 37.0 Å². The van der Waals surface area contributed by atoms with Gasteiger partial charge >= 0.3 is 0 Å². The van der Waals surface area contributed by atoms with Gasteiger partial charge in [0.15, 0.2) is 5.96 Å². The molecule has 1 fully saturated rings. The molecule has 0 spiro atoms. The number of fused-ring (bicyclic) bond motifs is 1.